The van der Waals surface area contributed by atoms with Crippen molar-refractivity contribution >= 4 is 5.78 Å². The van der Waals surface area contributed by atoms with E-state index in [0.717, 1.165) is 6.42 Å². The molecule has 5 atom stereocenters. The molecule has 1 spiro atoms. The minimum atomic E-state index is -0.0143. The van der Waals surface area contributed by atoms with Crippen LogP contribution in [-0.4, -0.2) is 18.0 Å². The van der Waals surface area contributed by atoms with E-state index in [1.807, 2.05) is 0 Å². The van der Waals surface area contributed by atoms with Crippen molar-refractivity contribution in [1.82, 2.24) is 0 Å². The van der Waals surface area contributed by atoms with Crippen LogP contribution in [0.25, 0.3) is 0 Å². The van der Waals surface area contributed by atoms with Gasteiger partial charge in [0.1, 0.15) is 6.10 Å². The summed E-state index contributed by atoms with van der Waals surface area (Å²) in [5.41, 5.74) is 0.905. The molecule has 16 heavy (non-hydrogen) atoms. The van der Waals surface area contributed by atoms with Crippen LogP contribution in [0.1, 0.15) is 46.5 Å². The van der Waals surface area contributed by atoms with Gasteiger partial charge in [-0.1, -0.05) is 27.2 Å². The molecule has 0 aromatic carbocycles. The molecule has 0 unspecified atom stereocenters. The highest BCUT2D eigenvalue weighted by Gasteiger charge is 2.83. The van der Waals surface area contributed by atoms with Gasteiger partial charge in [-0.3, -0.25) is 4.79 Å². The molecular weight excluding hydrogens is 200 g/mol. The third-order valence-electron chi connectivity index (χ3n) is 6.43. The summed E-state index contributed by atoms with van der Waals surface area (Å²) in [6, 6.07) is 0. The van der Waals surface area contributed by atoms with Crippen molar-refractivity contribution in [1.29, 1.82) is 0 Å². The second-order valence-corrected chi connectivity index (χ2v) is 7.26. The summed E-state index contributed by atoms with van der Waals surface area (Å²) in [6.07, 6.45) is 5.24. The van der Waals surface area contributed by atoms with E-state index in [1.165, 1.54) is 19.3 Å². The van der Waals surface area contributed by atoms with Crippen LogP contribution in [-0.2, 0) is 9.53 Å². The molecule has 2 heteroatoms. The molecular formula is C14H20O2. The first kappa shape index (κ1) is 9.64. The van der Waals surface area contributed by atoms with Gasteiger partial charge in [-0.25, -0.2) is 0 Å². The van der Waals surface area contributed by atoms with Crippen molar-refractivity contribution < 1.29 is 9.53 Å². The predicted molar refractivity (Wildman–Crippen MR) is 59.9 cm³/mol. The number of Topliss-reactive ketones (excluding diaryl/α,β-unsaturated/α-hetero) is 1. The van der Waals surface area contributed by atoms with E-state index < -0.39 is 0 Å². The fourth-order valence-electron chi connectivity index (χ4n) is 5.51. The highest BCUT2D eigenvalue weighted by Crippen LogP contribution is 2.81. The molecule has 3 saturated carbocycles. The fourth-order valence-corrected chi connectivity index (χ4v) is 5.51. The molecule has 1 aliphatic heterocycles. The van der Waals surface area contributed by atoms with Crippen molar-refractivity contribution in [2.75, 3.05) is 0 Å². The lowest BCUT2D eigenvalue weighted by molar-refractivity contribution is -0.128. The Morgan fingerprint density at radius 2 is 2.00 bits per heavy atom. The number of epoxide rings is 1. The van der Waals surface area contributed by atoms with Gasteiger partial charge in [0.15, 0.2) is 5.78 Å². The topological polar surface area (TPSA) is 29.6 Å². The van der Waals surface area contributed by atoms with Crippen molar-refractivity contribution in [3.8, 4) is 0 Å². The molecule has 4 aliphatic rings. The van der Waals surface area contributed by atoms with Gasteiger partial charge in [-0.2, -0.15) is 0 Å². The van der Waals surface area contributed by atoms with E-state index in [9.17, 15) is 4.79 Å². The minimum Gasteiger partial charge on any atom is -0.361 e. The number of hydrogen-bond acceptors (Lipinski definition) is 2. The number of rotatable bonds is 0. The Kier molecular flexibility index (Phi) is 1.37. The Morgan fingerprint density at radius 3 is 2.75 bits per heavy atom. The van der Waals surface area contributed by atoms with Crippen LogP contribution in [0, 0.1) is 22.2 Å². The molecule has 4 rings (SSSR count). The fraction of sp³-hybridized carbons (Fsp3) is 0.929. The van der Waals surface area contributed by atoms with E-state index >= 15 is 0 Å². The summed E-state index contributed by atoms with van der Waals surface area (Å²) in [5, 5.41) is 0. The lowest BCUT2D eigenvalue weighted by Crippen LogP contribution is -2.52. The molecule has 0 amide bonds. The molecule has 1 heterocycles. The highest BCUT2D eigenvalue weighted by atomic mass is 16.6. The molecule has 0 aromatic heterocycles. The SMILES string of the molecule is CC1(C)CCC[C@@]2(C)[C@@H]3O[C@@H]3C(=O)[C@@H]3C[C@]312. The summed E-state index contributed by atoms with van der Waals surface area (Å²) in [6.45, 7) is 7.14. The maximum atomic E-state index is 12.2. The van der Waals surface area contributed by atoms with Crippen molar-refractivity contribution in [2.45, 2.75) is 58.7 Å². The number of ether oxygens (including phenoxy) is 1. The van der Waals surface area contributed by atoms with Crippen molar-refractivity contribution in [3.05, 3.63) is 0 Å². The van der Waals surface area contributed by atoms with E-state index in [2.05, 4.69) is 20.8 Å². The molecule has 88 valence electrons. The molecule has 2 nitrogen and oxygen atoms in total. The zero-order valence-corrected chi connectivity index (χ0v) is 10.4. The Balaban J connectivity index is 1.87. The van der Waals surface area contributed by atoms with Gasteiger partial charge in [-0.15, -0.1) is 0 Å². The van der Waals surface area contributed by atoms with E-state index in [-0.39, 0.29) is 23.0 Å². The highest BCUT2D eigenvalue weighted by molar-refractivity contribution is 5.93. The third-order valence-corrected chi connectivity index (χ3v) is 6.43. The maximum Gasteiger partial charge on any atom is 0.167 e. The summed E-state index contributed by atoms with van der Waals surface area (Å²) in [5.74, 6) is 0.758. The van der Waals surface area contributed by atoms with Gasteiger partial charge in [0, 0.05) is 11.3 Å². The zero-order chi connectivity index (χ0) is 11.3. The van der Waals surface area contributed by atoms with Gasteiger partial charge >= 0.3 is 0 Å². The molecule has 0 radical (unpaired) electrons. The lowest BCUT2D eigenvalue weighted by Gasteiger charge is -2.53. The number of hydrogen-bond donors (Lipinski definition) is 0. The molecule has 1 saturated heterocycles. The average molecular weight is 220 g/mol. The maximum absolute atomic E-state index is 12.2. The standard InChI is InChI=1S/C14H20O2/c1-12(2)5-4-6-13(3)11-10(16-11)9(15)8-7-14(8,12)13/h8,10-11H,4-7H2,1-3H3/t8-,10+,11+,13-,14-/m0/s1. The van der Waals surface area contributed by atoms with Crippen LogP contribution in [0.15, 0.2) is 0 Å². The first-order valence-corrected chi connectivity index (χ1v) is 6.63. The van der Waals surface area contributed by atoms with Gasteiger partial charge in [-0.05, 0) is 30.1 Å². The van der Waals surface area contributed by atoms with Crippen LogP contribution in [0.3, 0.4) is 0 Å². The summed E-state index contributed by atoms with van der Waals surface area (Å²) >= 11 is 0. The Morgan fingerprint density at radius 1 is 1.25 bits per heavy atom. The lowest BCUT2D eigenvalue weighted by atomic mass is 9.49. The number of fused-ring (bicyclic) bond motifs is 2. The van der Waals surface area contributed by atoms with Gasteiger partial charge in [0.2, 0.25) is 0 Å². The quantitative estimate of drug-likeness (QED) is 0.587. The minimum absolute atomic E-state index is 0.0143. The number of carbonyl (C=O) groups excluding carboxylic acids is 1. The molecule has 0 bridgehead atoms. The van der Waals surface area contributed by atoms with Gasteiger partial charge in [0.25, 0.3) is 0 Å². The Bertz CT molecular complexity index is 400. The monoisotopic (exact) mass is 220 g/mol. The predicted octanol–water partition coefficient (Wildman–Crippen LogP) is 2.56. The van der Waals surface area contributed by atoms with Crippen molar-refractivity contribution in [3.63, 3.8) is 0 Å². The average Bonchev–Trinajstić information content (AvgIpc) is 3.05. The largest absolute Gasteiger partial charge is 0.361 e. The van der Waals surface area contributed by atoms with Gasteiger partial charge in [0.05, 0.1) is 6.10 Å². The van der Waals surface area contributed by atoms with Crippen LogP contribution < -0.4 is 0 Å². The number of ketones is 1. The zero-order valence-electron chi connectivity index (χ0n) is 10.4. The number of carbonyl (C=O) groups is 1. The van der Waals surface area contributed by atoms with Crippen LogP contribution in [0.2, 0.25) is 0 Å². The van der Waals surface area contributed by atoms with E-state index in [0.29, 0.717) is 17.1 Å². The van der Waals surface area contributed by atoms with E-state index in [1.54, 1.807) is 0 Å². The Hall–Kier alpha value is -0.370. The molecule has 0 N–H and O–H groups in total. The third kappa shape index (κ3) is 0.729. The first-order valence-electron chi connectivity index (χ1n) is 6.63. The molecule has 3 aliphatic carbocycles. The molecule has 0 aromatic rings. The smallest absolute Gasteiger partial charge is 0.167 e. The summed E-state index contributed by atoms with van der Waals surface area (Å²) in [4.78, 5) is 12.2. The van der Waals surface area contributed by atoms with Gasteiger partial charge < -0.3 is 4.74 Å². The van der Waals surface area contributed by atoms with Crippen LogP contribution >= 0.6 is 0 Å². The Labute approximate surface area is 96.7 Å². The second-order valence-electron chi connectivity index (χ2n) is 7.26. The normalized spacial score (nSPS) is 60.7. The van der Waals surface area contributed by atoms with Crippen LogP contribution in [0.5, 0.6) is 0 Å². The molecule has 4 fully saturated rings. The van der Waals surface area contributed by atoms with Crippen molar-refractivity contribution in [2.24, 2.45) is 22.2 Å². The van der Waals surface area contributed by atoms with E-state index in [4.69, 9.17) is 4.74 Å². The first-order chi connectivity index (χ1) is 7.44. The summed E-state index contributed by atoms with van der Waals surface area (Å²) < 4.78 is 5.70. The second kappa shape index (κ2) is 2.27. The summed E-state index contributed by atoms with van der Waals surface area (Å²) in [7, 11) is 0. The van der Waals surface area contributed by atoms with Crippen LogP contribution in [0.4, 0.5) is 0 Å².